The average molecular weight is 192 g/mol. The van der Waals surface area contributed by atoms with E-state index in [1.807, 2.05) is 20.8 Å². The lowest BCUT2D eigenvalue weighted by Crippen LogP contribution is -2.29. The molecule has 0 spiro atoms. The first-order valence-electron chi connectivity index (χ1n) is 4.46. The number of rotatable bonds is 6. The molecule has 0 rings (SSSR count). The highest BCUT2D eigenvalue weighted by atomic mass is 16.5. The molecule has 0 saturated heterocycles. The molecule has 2 N–H and O–H groups in total. The van der Waals surface area contributed by atoms with E-state index in [9.17, 15) is 5.11 Å². The zero-order valence-electron chi connectivity index (χ0n) is 8.62. The normalized spacial score (nSPS) is 14.5. The Morgan fingerprint density at radius 3 is 2.31 bits per heavy atom. The van der Waals surface area contributed by atoms with Crippen molar-refractivity contribution in [1.29, 1.82) is 0 Å². The number of hydrogen-bond donors (Lipinski definition) is 2. The summed E-state index contributed by atoms with van der Waals surface area (Å²) in [5.74, 6) is 0. The Balaban J connectivity index is 3.35. The first-order valence-corrected chi connectivity index (χ1v) is 4.46. The Morgan fingerprint density at radius 1 is 1.23 bits per heavy atom. The first-order chi connectivity index (χ1) is 5.95. The lowest BCUT2D eigenvalue weighted by atomic mass is 10.2. The molecule has 0 aromatic heterocycles. The van der Waals surface area contributed by atoms with Crippen LogP contribution in [0, 0.1) is 0 Å². The molecule has 1 atom stereocenters. The van der Waals surface area contributed by atoms with Crippen molar-refractivity contribution in [1.82, 2.24) is 0 Å². The molecule has 4 heteroatoms. The molecule has 80 valence electrons. The molecule has 0 fully saturated rings. The highest BCUT2D eigenvalue weighted by molar-refractivity contribution is 4.61. The van der Waals surface area contributed by atoms with Crippen LogP contribution in [0.25, 0.3) is 0 Å². The second-order valence-corrected chi connectivity index (χ2v) is 3.88. The maximum absolute atomic E-state index is 9.31. The van der Waals surface area contributed by atoms with Crippen molar-refractivity contribution in [3.05, 3.63) is 0 Å². The van der Waals surface area contributed by atoms with Crippen LogP contribution in [0.15, 0.2) is 0 Å². The van der Waals surface area contributed by atoms with E-state index in [1.54, 1.807) is 0 Å². The van der Waals surface area contributed by atoms with E-state index < -0.39 is 6.10 Å². The van der Waals surface area contributed by atoms with E-state index in [-0.39, 0.29) is 32.0 Å². The fourth-order valence-corrected chi connectivity index (χ4v) is 0.678. The molecule has 0 aliphatic carbocycles. The maximum atomic E-state index is 9.31. The molecular formula is C9H20O4. The van der Waals surface area contributed by atoms with E-state index in [1.165, 1.54) is 0 Å². The van der Waals surface area contributed by atoms with Crippen molar-refractivity contribution in [2.24, 2.45) is 0 Å². The van der Waals surface area contributed by atoms with Crippen LogP contribution < -0.4 is 0 Å². The van der Waals surface area contributed by atoms with Gasteiger partial charge in [0.1, 0.15) is 6.10 Å². The molecule has 0 bridgehead atoms. The Bertz CT molecular complexity index is 119. The second kappa shape index (κ2) is 6.32. The van der Waals surface area contributed by atoms with Gasteiger partial charge in [0.2, 0.25) is 0 Å². The molecular weight excluding hydrogens is 172 g/mol. The Kier molecular flexibility index (Phi) is 6.24. The molecule has 0 aromatic rings. The van der Waals surface area contributed by atoms with E-state index in [4.69, 9.17) is 14.6 Å². The quantitative estimate of drug-likeness (QED) is 0.589. The van der Waals surface area contributed by atoms with Gasteiger partial charge in [-0.15, -0.1) is 0 Å². The van der Waals surface area contributed by atoms with Crippen LogP contribution in [0.3, 0.4) is 0 Å². The standard InChI is InChI=1S/C9H20O4/c1-9(2,3)13-7-8(11)6-12-5-4-10/h8,10-11H,4-7H2,1-3H3. The van der Waals surface area contributed by atoms with Crippen LogP contribution >= 0.6 is 0 Å². The third-order valence-electron chi connectivity index (χ3n) is 1.25. The molecule has 0 saturated carbocycles. The highest BCUT2D eigenvalue weighted by Crippen LogP contribution is 2.06. The summed E-state index contributed by atoms with van der Waals surface area (Å²) in [5.41, 5.74) is -0.238. The maximum Gasteiger partial charge on any atom is 0.101 e. The van der Waals surface area contributed by atoms with Crippen molar-refractivity contribution >= 4 is 0 Å². The number of hydrogen-bond acceptors (Lipinski definition) is 4. The molecule has 0 aliphatic rings. The molecule has 0 radical (unpaired) electrons. The minimum absolute atomic E-state index is 0.0210. The molecule has 0 aromatic carbocycles. The molecule has 0 amide bonds. The van der Waals surface area contributed by atoms with Gasteiger partial charge in [-0.25, -0.2) is 0 Å². The number of aliphatic hydroxyl groups excluding tert-OH is 2. The third kappa shape index (κ3) is 9.76. The largest absolute Gasteiger partial charge is 0.394 e. The van der Waals surface area contributed by atoms with Crippen LogP contribution in [0.4, 0.5) is 0 Å². The van der Waals surface area contributed by atoms with Crippen molar-refractivity contribution < 1.29 is 19.7 Å². The fourth-order valence-electron chi connectivity index (χ4n) is 0.678. The van der Waals surface area contributed by atoms with E-state index >= 15 is 0 Å². The third-order valence-corrected chi connectivity index (χ3v) is 1.25. The topological polar surface area (TPSA) is 58.9 Å². The summed E-state index contributed by atoms with van der Waals surface area (Å²) in [6, 6.07) is 0. The monoisotopic (exact) mass is 192 g/mol. The fraction of sp³-hybridized carbons (Fsp3) is 1.00. The molecule has 13 heavy (non-hydrogen) atoms. The lowest BCUT2D eigenvalue weighted by molar-refractivity contribution is -0.0734. The minimum Gasteiger partial charge on any atom is -0.394 e. The molecule has 1 unspecified atom stereocenters. The summed E-state index contributed by atoms with van der Waals surface area (Å²) in [7, 11) is 0. The van der Waals surface area contributed by atoms with Crippen LogP contribution in [-0.4, -0.2) is 48.3 Å². The van der Waals surface area contributed by atoms with Crippen LogP contribution in [-0.2, 0) is 9.47 Å². The minimum atomic E-state index is -0.620. The van der Waals surface area contributed by atoms with Crippen LogP contribution in [0.2, 0.25) is 0 Å². The molecule has 0 aliphatic heterocycles. The van der Waals surface area contributed by atoms with Gasteiger partial charge in [-0.05, 0) is 20.8 Å². The summed E-state index contributed by atoms with van der Waals surface area (Å²) in [6.07, 6.45) is -0.620. The lowest BCUT2D eigenvalue weighted by Gasteiger charge is -2.21. The molecule has 0 heterocycles. The highest BCUT2D eigenvalue weighted by Gasteiger charge is 2.13. The average Bonchev–Trinajstić information content (AvgIpc) is 2.00. The summed E-state index contributed by atoms with van der Waals surface area (Å²) >= 11 is 0. The van der Waals surface area contributed by atoms with Gasteiger partial charge in [0, 0.05) is 0 Å². The number of aliphatic hydroxyl groups is 2. The predicted octanol–water partition coefficient (Wildman–Crippen LogP) is 0.171. The van der Waals surface area contributed by atoms with Crippen LogP contribution in [0.5, 0.6) is 0 Å². The zero-order chi connectivity index (χ0) is 10.3. The summed E-state index contributed by atoms with van der Waals surface area (Å²) in [5, 5.41) is 17.7. The summed E-state index contributed by atoms with van der Waals surface area (Å²) < 4.78 is 10.3. The number of ether oxygens (including phenoxy) is 2. The summed E-state index contributed by atoms with van der Waals surface area (Å²) in [4.78, 5) is 0. The van der Waals surface area contributed by atoms with Gasteiger partial charge >= 0.3 is 0 Å². The van der Waals surface area contributed by atoms with Crippen molar-refractivity contribution in [3.63, 3.8) is 0 Å². The second-order valence-electron chi connectivity index (χ2n) is 3.88. The van der Waals surface area contributed by atoms with Gasteiger partial charge in [-0.3, -0.25) is 0 Å². The summed E-state index contributed by atoms with van der Waals surface area (Å²) in [6.45, 7) is 6.47. The first kappa shape index (κ1) is 12.8. The molecule has 4 nitrogen and oxygen atoms in total. The Hall–Kier alpha value is -0.160. The van der Waals surface area contributed by atoms with Crippen molar-refractivity contribution in [2.45, 2.75) is 32.5 Å². The van der Waals surface area contributed by atoms with E-state index in [0.29, 0.717) is 0 Å². The van der Waals surface area contributed by atoms with Crippen molar-refractivity contribution in [2.75, 3.05) is 26.4 Å². The Morgan fingerprint density at radius 2 is 1.85 bits per heavy atom. The Labute approximate surface area is 79.5 Å². The van der Waals surface area contributed by atoms with E-state index in [0.717, 1.165) is 0 Å². The smallest absolute Gasteiger partial charge is 0.101 e. The van der Waals surface area contributed by atoms with Crippen LogP contribution in [0.1, 0.15) is 20.8 Å². The SMILES string of the molecule is CC(C)(C)OCC(O)COCCO. The van der Waals surface area contributed by atoms with Gasteiger partial charge in [0.25, 0.3) is 0 Å². The van der Waals surface area contributed by atoms with Gasteiger partial charge in [0.05, 0.1) is 32.0 Å². The predicted molar refractivity (Wildman–Crippen MR) is 49.6 cm³/mol. The van der Waals surface area contributed by atoms with Gasteiger partial charge in [-0.1, -0.05) is 0 Å². The van der Waals surface area contributed by atoms with Gasteiger partial charge in [0.15, 0.2) is 0 Å². The van der Waals surface area contributed by atoms with Gasteiger partial charge < -0.3 is 19.7 Å². The zero-order valence-corrected chi connectivity index (χ0v) is 8.62. The van der Waals surface area contributed by atoms with Crippen molar-refractivity contribution in [3.8, 4) is 0 Å². The van der Waals surface area contributed by atoms with Gasteiger partial charge in [-0.2, -0.15) is 0 Å². The van der Waals surface area contributed by atoms with E-state index in [2.05, 4.69) is 0 Å².